The number of furan rings is 1. The Morgan fingerprint density at radius 1 is 1.18 bits per heavy atom. The maximum Gasteiger partial charge on any atom is 0.338 e. The van der Waals surface area contributed by atoms with Crippen LogP contribution >= 0.6 is 22.9 Å². The fourth-order valence-corrected chi connectivity index (χ4v) is 6.56. The summed E-state index contributed by atoms with van der Waals surface area (Å²) in [6.45, 7) is 3.57. The van der Waals surface area contributed by atoms with E-state index in [4.69, 9.17) is 25.5 Å². The van der Waals surface area contributed by atoms with E-state index in [1.54, 1.807) is 32.1 Å². The zero-order valence-electron chi connectivity index (χ0n) is 23.7. The first-order chi connectivity index (χ1) is 21.2. The quantitative estimate of drug-likeness (QED) is 0.127. The van der Waals surface area contributed by atoms with E-state index < -0.39 is 22.5 Å². The van der Waals surface area contributed by atoms with Crippen molar-refractivity contribution < 1.29 is 23.6 Å². The summed E-state index contributed by atoms with van der Waals surface area (Å²) in [5.41, 5.74) is 0.925. The van der Waals surface area contributed by atoms with E-state index in [0.717, 1.165) is 22.1 Å². The van der Waals surface area contributed by atoms with Crippen molar-refractivity contribution >= 4 is 51.4 Å². The van der Waals surface area contributed by atoms with Crippen molar-refractivity contribution in [2.24, 2.45) is 4.99 Å². The highest BCUT2D eigenvalue weighted by atomic mass is 35.5. The normalized spacial score (nSPS) is 14.8. The number of allylic oxidation sites excluding steroid dienone is 1. The van der Waals surface area contributed by atoms with E-state index in [1.807, 2.05) is 36.4 Å². The first-order valence-corrected chi connectivity index (χ1v) is 14.7. The van der Waals surface area contributed by atoms with Gasteiger partial charge in [-0.3, -0.25) is 19.5 Å². The van der Waals surface area contributed by atoms with Gasteiger partial charge in [0.15, 0.2) is 4.80 Å². The van der Waals surface area contributed by atoms with Crippen molar-refractivity contribution in [3.63, 3.8) is 0 Å². The number of nitrogens with zero attached hydrogens (tertiary/aromatic N) is 3. The summed E-state index contributed by atoms with van der Waals surface area (Å²) in [5, 5.41) is 13.6. The number of carbonyl (C=O) groups excluding carboxylic acids is 1. The molecule has 6 rings (SSSR count). The van der Waals surface area contributed by atoms with Gasteiger partial charge in [-0.15, -0.1) is 0 Å². The second kappa shape index (κ2) is 11.6. The van der Waals surface area contributed by atoms with E-state index in [9.17, 15) is 19.7 Å². The summed E-state index contributed by atoms with van der Waals surface area (Å²) in [6.07, 6.45) is 1.55. The zero-order chi connectivity index (χ0) is 31.1. The van der Waals surface area contributed by atoms with E-state index in [1.165, 1.54) is 29.9 Å². The van der Waals surface area contributed by atoms with Crippen LogP contribution in [0.1, 0.15) is 31.2 Å². The number of nitro benzene ring substituents is 1. The lowest BCUT2D eigenvalue weighted by molar-refractivity contribution is -0.384. The Morgan fingerprint density at radius 3 is 2.73 bits per heavy atom. The minimum Gasteiger partial charge on any atom is -0.496 e. The highest BCUT2D eigenvalue weighted by Crippen LogP contribution is 2.40. The van der Waals surface area contributed by atoms with Crippen molar-refractivity contribution in [1.29, 1.82) is 0 Å². The number of ether oxygens (including phenoxy) is 2. The Morgan fingerprint density at radius 2 is 1.98 bits per heavy atom. The number of hydrogen-bond donors (Lipinski definition) is 0. The van der Waals surface area contributed by atoms with Crippen LogP contribution in [0.15, 0.2) is 92.2 Å². The van der Waals surface area contributed by atoms with Crippen molar-refractivity contribution in [2.45, 2.75) is 19.9 Å². The summed E-state index contributed by atoms with van der Waals surface area (Å²) in [4.78, 5) is 43.7. The summed E-state index contributed by atoms with van der Waals surface area (Å²) in [5.74, 6) is 0.463. The number of thiazole rings is 1. The molecule has 1 aliphatic rings. The first-order valence-electron chi connectivity index (χ1n) is 13.5. The number of esters is 1. The van der Waals surface area contributed by atoms with Gasteiger partial charge >= 0.3 is 5.97 Å². The molecule has 0 fully saturated rings. The van der Waals surface area contributed by atoms with Gasteiger partial charge in [-0.2, -0.15) is 0 Å². The lowest BCUT2D eigenvalue weighted by Gasteiger charge is -2.27. The minimum atomic E-state index is -0.891. The lowest BCUT2D eigenvalue weighted by Crippen LogP contribution is -2.40. The van der Waals surface area contributed by atoms with Crippen LogP contribution in [0.4, 0.5) is 5.69 Å². The maximum atomic E-state index is 14.1. The molecule has 0 amide bonds. The van der Waals surface area contributed by atoms with Crippen molar-refractivity contribution in [2.75, 3.05) is 13.7 Å². The van der Waals surface area contributed by atoms with Gasteiger partial charge in [0.25, 0.3) is 11.2 Å². The number of carbonyl (C=O) groups is 1. The molecule has 12 heteroatoms. The smallest absolute Gasteiger partial charge is 0.338 e. The Balaban J connectivity index is 1.56. The van der Waals surface area contributed by atoms with Crippen molar-refractivity contribution in [3.05, 3.63) is 124 Å². The molecule has 0 saturated heterocycles. The predicted molar refractivity (Wildman–Crippen MR) is 167 cm³/mol. The number of hydrogen-bond acceptors (Lipinski definition) is 9. The number of benzene rings is 3. The maximum absolute atomic E-state index is 14.1. The fourth-order valence-electron chi connectivity index (χ4n) is 5.37. The number of halogens is 1. The zero-order valence-corrected chi connectivity index (χ0v) is 25.3. The average molecular weight is 630 g/mol. The Kier molecular flexibility index (Phi) is 7.66. The Hall–Kier alpha value is -5.00. The molecule has 1 unspecified atom stereocenters. The third-order valence-corrected chi connectivity index (χ3v) is 8.48. The van der Waals surface area contributed by atoms with E-state index in [2.05, 4.69) is 4.99 Å². The number of aromatic nitrogens is 1. The van der Waals surface area contributed by atoms with Gasteiger partial charge < -0.3 is 13.9 Å². The number of methoxy groups -OCH3 is 1. The van der Waals surface area contributed by atoms with E-state index in [0.29, 0.717) is 27.6 Å². The van der Waals surface area contributed by atoms with Crippen LogP contribution < -0.4 is 19.6 Å². The third-order valence-electron chi connectivity index (χ3n) is 7.26. The second-order valence-corrected chi connectivity index (χ2v) is 11.3. The molecular formula is C32H24ClN3O7S. The lowest BCUT2D eigenvalue weighted by atomic mass is 9.90. The van der Waals surface area contributed by atoms with Crippen LogP contribution in [-0.4, -0.2) is 29.2 Å². The van der Waals surface area contributed by atoms with E-state index in [-0.39, 0.29) is 38.7 Å². The molecular weight excluding hydrogens is 606 g/mol. The summed E-state index contributed by atoms with van der Waals surface area (Å²) in [7, 11) is 1.54. The molecule has 5 aromatic rings. The van der Waals surface area contributed by atoms with Crippen LogP contribution in [0, 0.1) is 10.1 Å². The van der Waals surface area contributed by atoms with Gasteiger partial charge in [0.2, 0.25) is 0 Å². The third kappa shape index (κ3) is 4.99. The first kappa shape index (κ1) is 29.1. The Labute approximate surface area is 258 Å². The van der Waals surface area contributed by atoms with Gasteiger partial charge in [0.1, 0.15) is 23.3 Å². The van der Waals surface area contributed by atoms with Crippen LogP contribution in [0.3, 0.4) is 0 Å². The highest BCUT2D eigenvalue weighted by Gasteiger charge is 2.36. The van der Waals surface area contributed by atoms with Gasteiger partial charge in [-0.1, -0.05) is 53.3 Å². The monoisotopic (exact) mass is 629 g/mol. The molecule has 0 bridgehead atoms. The molecule has 10 nitrogen and oxygen atoms in total. The van der Waals surface area contributed by atoms with Gasteiger partial charge in [-0.05, 0) is 55.0 Å². The van der Waals surface area contributed by atoms with E-state index >= 15 is 0 Å². The fraction of sp³-hybridized carbons (Fsp3) is 0.156. The molecule has 3 heterocycles. The van der Waals surface area contributed by atoms with Crippen LogP contribution in [-0.2, 0) is 9.53 Å². The predicted octanol–water partition coefficient (Wildman–Crippen LogP) is 5.78. The number of rotatable bonds is 7. The number of nitro groups is 1. The molecule has 0 saturated carbocycles. The van der Waals surface area contributed by atoms with Crippen molar-refractivity contribution in [1.82, 2.24) is 4.57 Å². The van der Waals surface area contributed by atoms with Gasteiger partial charge in [-0.25, -0.2) is 9.79 Å². The van der Waals surface area contributed by atoms with Gasteiger partial charge in [0.05, 0.1) is 40.0 Å². The molecule has 1 atom stereocenters. The van der Waals surface area contributed by atoms with Crippen LogP contribution in [0.2, 0.25) is 5.02 Å². The highest BCUT2D eigenvalue weighted by molar-refractivity contribution is 7.07. The topological polar surface area (TPSA) is 126 Å². The summed E-state index contributed by atoms with van der Waals surface area (Å²) in [6, 6.07) is 18.0. The molecule has 0 spiro atoms. The molecule has 0 radical (unpaired) electrons. The summed E-state index contributed by atoms with van der Waals surface area (Å²) < 4.78 is 18.9. The molecule has 222 valence electrons. The number of fused-ring (bicyclic) bond motifs is 2. The standard InChI is InChI=1S/C32H24ClN3O7S/c1-4-42-31(38)27-17(2)34-32-35(29(27)28-21-8-6-5-7-18(21)9-13-25(28)41-3)30(37)26(44-32)16-20-11-14-24(43-20)22-12-10-19(33)15-23(22)36(39)40/h5-16,29H,4H2,1-3H3/b26-16+. The minimum absolute atomic E-state index is 0.145. The molecule has 3 aromatic carbocycles. The van der Waals surface area contributed by atoms with Gasteiger partial charge in [0, 0.05) is 22.7 Å². The van der Waals surface area contributed by atoms with Crippen LogP contribution in [0.5, 0.6) is 5.75 Å². The SMILES string of the molecule is CCOC(=O)C1=C(C)N=c2s/c(=C/c3ccc(-c4ccc(Cl)cc4[N+](=O)[O-])o3)c(=O)n2C1c1c(OC)ccc2ccccc12. The molecule has 2 aromatic heterocycles. The summed E-state index contributed by atoms with van der Waals surface area (Å²) >= 11 is 7.10. The average Bonchev–Trinajstić information content (AvgIpc) is 3.59. The Bertz CT molecular complexity index is 2200. The van der Waals surface area contributed by atoms with Crippen LogP contribution in [0.25, 0.3) is 28.2 Å². The molecule has 44 heavy (non-hydrogen) atoms. The second-order valence-electron chi connectivity index (χ2n) is 9.83. The molecule has 1 aliphatic heterocycles. The largest absolute Gasteiger partial charge is 0.496 e. The molecule has 0 aliphatic carbocycles. The van der Waals surface area contributed by atoms with Crippen molar-refractivity contribution in [3.8, 4) is 17.1 Å². The molecule has 0 N–H and O–H groups in total.